The molecule has 0 aliphatic rings. The lowest BCUT2D eigenvalue weighted by molar-refractivity contribution is 0.381. The van der Waals surface area contributed by atoms with E-state index >= 15 is 0 Å². The molecular formula is C19H18N2O2. The molecule has 0 amide bonds. The van der Waals surface area contributed by atoms with Crippen LogP contribution in [0.1, 0.15) is 5.56 Å². The average Bonchev–Trinajstić information content (AvgIpc) is 2.62. The summed E-state index contributed by atoms with van der Waals surface area (Å²) in [6.45, 7) is 2.06. The van der Waals surface area contributed by atoms with Crippen LogP contribution in [0.4, 0.5) is 0 Å². The molecule has 3 aromatic rings. The zero-order valence-electron chi connectivity index (χ0n) is 13.4. The van der Waals surface area contributed by atoms with Crippen LogP contribution in [-0.2, 0) is 0 Å². The van der Waals surface area contributed by atoms with E-state index in [1.807, 2.05) is 30.3 Å². The zero-order chi connectivity index (χ0) is 16.2. The van der Waals surface area contributed by atoms with E-state index in [0.717, 1.165) is 28.3 Å². The van der Waals surface area contributed by atoms with Crippen molar-refractivity contribution in [1.82, 2.24) is 9.97 Å². The third-order valence-electron chi connectivity index (χ3n) is 3.62. The summed E-state index contributed by atoms with van der Waals surface area (Å²) >= 11 is 0. The highest BCUT2D eigenvalue weighted by Crippen LogP contribution is 2.27. The Morgan fingerprint density at radius 3 is 1.70 bits per heavy atom. The number of rotatable bonds is 4. The molecule has 0 fully saturated rings. The van der Waals surface area contributed by atoms with Gasteiger partial charge >= 0.3 is 6.01 Å². The number of hydrogen-bond acceptors (Lipinski definition) is 4. The molecule has 0 spiro atoms. The van der Waals surface area contributed by atoms with Gasteiger partial charge < -0.3 is 9.47 Å². The molecule has 0 unspecified atom stereocenters. The van der Waals surface area contributed by atoms with Crippen LogP contribution in [0.3, 0.4) is 0 Å². The van der Waals surface area contributed by atoms with E-state index in [1.165, 1.54) is 5.56 Å². The van der Waals surface area contributed by atoms with Crippen molar-refractivity contribution >= 4 is 0 Å². The molecule has 3 rings (SSSR count). The number of methoxy groups -OCH3 is 2. The van der Waals surface area contributed by atoms with Crippen molar-refractivity contribution in [3.8, 4) is 34.3 Å². The summed E-state index contributed by atoms with van der Waals surface area (Å²) in [4.78, 5) is 8.90. The number of nitrogens with zero attached hydrogens (tertiary/aromatic N) is 2. The standard InChI is InChI=1S/C19H18N2O2/c1-13-4-6-14(7-5-13)17-12-18(21-19(20-17)23-3)15-8-10-16(22-2)11-9-15/h4-12H,1-3H3. The van der Waals surface area contributed by atoms with Crippen LogP contribution in [0.25, 0.3) is 22.5 Å². The van der Waals surface area contributed by atoms with Gasteiger partial charge in [0.05, 0.1) is 25.6 Å². The van der Waals surface area contributed by atoms with E-state index in [9.17, 15) is 0 Å². The number of hydrogen-bond donors (Lipinski definition) is 0. The van der Waals surface area contributed by atoms with E-state index in [-0.39, 0.29) is 0 Å². The molecule has 0 saturated heterocycles. The van der Waals surface area contributed by atoms with Gasteiger partial charge in [-0.2, -0.15) is 9.97 Å². The third kappa shape index (κ3) is 3.31. The van der Waals surface area contributed by atoms with E-state index in [1.54, 1.807) is 14.2 Å². The van der Waals surface area contributed by atoms with Crippen LogP contribution in [0.2, 0.25) is 0 Å². The van der Waals surface area contributed by atoms with Gasteiger partial charge in [-0.05, 0) is 37.3 Å². The van der Waals surface area contributed by atoms with E-state index < -0.39 is 0 Å². The number of ether oxygens (including phenoxy) is 2. The molecular weight excluding hydrogens is 288 g/mol. The quantitative estimate of drug-likeness (QED) is 0.727. The molecule has 4 nitrogen and oxygen atoms in total. The maximum absolute atomic E-state index is 5.26. The minimum absolute atomic E-state index is 0.355. The Morgan fingerprint density at radius 2 is 1.22 bits per heavy atom. The fraction of sp³-hybridized carbons (Fsp3) is 0.158. The lowest BCUT2D eigenvalue weighted by Gasteiger charge is -2.08. The van der Waals surface area contributed by atoms with Crippen molar-refractivity contribution < 1.29 is 9.47 Å². The zero-order valence-corrected chi connectivity index (χ0v) is 13.4. The second-order valence-electron chi connectivity index (χ2n) is 5.22. The summed E-state index contributed by atoms with van der Waals surface area (Å²) in [6.07, 6.45) is 0. The molecule has 0 N–H and O–H groups in total. The van der Waals surface area contributed by atoms with Gasteiger partial charge in [0, 0.05) is 11.1 Å². The summed E-state index contributed by atoms with van der Waals surface area (Å²) in [5.41, 5.74) is 4.88. The van der Waals surface area contributed by atoms with Gasteiger partial charge in [0.2, 0.25) is 0 Å². The lowest BCUT2D eigenvalue weighted by atomic mass is 10.1. The average molecular weight is 306 g/mol. The van der Waals surface area contributed by atoms with Crippen molar-refractivity contribution in [2.45, 2.75) is 6.92 Å². The number of benzene rings is 2. The van der Waals surface area contributed by atoms with Crippen LogP contribution >= 0.6 is 0 Å². The Bertz CT molecular complexity index is 797. The first-order chi connectivity index (χ1) is 11.2. The largest absolute Gasteiger partial charge is 0.497 e. The smallest absolute Gasteiger partial charge is 0.317 e. The minimum atomic E-state index is 0.355. The summed E-state index contributed by atoms with van der Waals surface area (Å²) in [7, 11) is 3.23. The van der Waals surface area contributed by atoms with Gasteiger partial charge in [0.15, 0.2) is 0 Å². The van der Waals surface area contributed by atoms with Crippen molar-refractivity contribution in [2.75, 3.05) is 14.2 Å². The highest BCUT2D eigenvalue weighted by molar-refractivity contribution is 5.68. The lowest BCUT2D eigenvalue weighted by Crippen LogP contribution is -1.96. The van der Waals surface area contributed by atoms with Crippen molar-refractivity contribution in [3.05, 3.63) is 60.2 Å². The SMILES string of the molecule is COc1ccc(-c2cc(-c3ccc(C)cc3)nc(OC)n2)cc1. The van der Waals surface area contributed by atoms with E-state index in [0.29, 0.717) is 6.01 Å². The van der Waals surface area contributed by atoms with Crippen molar-refractivity contribution in [1.29, 1.82) is 0 Å². The predicted octanol–water partition coefficient (Wildman–Crippen LogP) is 4.14. The predicted molar refractivity (Wildman–Crippen MR) is 90.7 cm³/mol. The maximum atomic E-state index is 5.26. The molecule has 2 aromatic carbocycles. The van der Waals surface area contributed by atoms with E-state index in [4.69, 9.17) is 9.47 Å². The van der Waals surface area contributed by atoms with Gasteiger partial charge in [-0.25, -0.2) is 0 Å². The highest BCUT2D eigenvalue weighted by Gasteiger charge is 2.09. The minimum Gasteiger partial charge on any atom is -0.497 e. The topological polar surface area (TPSA) is 44.2 Å². The molecule has 0 bridgehead atoms. The molecule has 1 aromatic heterocycles. The van der Waals surface area contributed by atoms with Gasteiger partial charge in [-0.3, -0.25) is 0 Å². The molecule has 0 saturated carbocycles. The Balaban J connectivity index is 2.06. The van der Waals surface area contributed by atoms with Crippen LogP contribution in [0.15, 0.2) is 54.6 Å². The Hall–Kier alpha value is -2.88. The number of aromatic nitrogens is 2. The summed E-state index contributed by atoms with van der Waals surface area (Å²) in [6, 6.07) is 18.3. The second kappa shape index (κ2) is 6.48. The molecule has 1 heterocycles. The monoisotopic (exact) mass is 306 g/mol. The summed E-state index contributed by atoms with van der Waals surface area (Å²) in [5.74, 6) is 0.813. The van der Waals surface area contributed by atoms with Crippen molar-refractivity contribution in [2.24, 2.45) is 0 Å². The summed E-state index contributed by atoms with van der Waals surface area (Å²) < 4.78 is 10.5. The first-order valence-corrected chi connectivity index (χ1v) is 7.34. The van der Waals surface area contributed by atoms with Crippen LogP contribution in [0, 0.1) is 6.92 Å². The van der Waals surface area contributed by atoms with Gasteiger partial charge in [-0.15, -0.1) is 0 Å². The first kappa shape index (κ1) is 15.0. The first-order valence-electron chi connectivity index (χ1n) is 7.34. The van der Waals surface area contributed by atoms with Gasteiger partial charge in [0.1, 0.15) is 5.75 Å². The van der Waals surface area contributed by atoms with Crippen molar-refractivity contribution in [3.63, 3.8) is 0 Å². The Morgan fingerprint density at radius 1 is 0.696 bits per heavy atom. The molecule has 0 radical (unpaired) electrons. The van der Waals surface area contributed by atoms with E-state index in [2.05, 4.69) is 41.2 Å². The van der Waals surface area contributed by atoms with Gasteiger partial charge in [0.25, 0.3) is 0 Å². The molecule has 116 valence electrons. The summed E-state index contributed by atoms with van der Waals surface area (Å²) in [5, 5.41) is 0. The molecule has 0 aliphatic heterocycles. The maximum Gasteiger partial charge on any atom is 0.317 e. The van der Waals surface area contributed by atoms with Crippen LogP contribution in [-0.4, -0.2) is 24.2 Å². The Labute approximate surface area is 135 Å². The number of aryl methyl sites for hydroxylation is 1. The Kier molecular flexibility index (Phi) is 4.24. The molecule has 23 heavy (non-hydrogen) atoms. The fourth-order valence-corrected chi connectivity index (χ4v) is 2.30. The highest BCUT2D eigenvalue weighted by atomic mass is 16.5. The normalized spacial score (nSPS) is 10.4. The molecule has 4 heteroatoms. The van der Waals surface area contributed by atoms with Gasteiger partial charge in [-0.1, -0.05) is 29.8 Å². The molecule has 0 aliphatic carbocycles. The molecule has 0 atom stereocenters. The fourth-order valence-electron chi connectivity index (χ4n) is 2.30. The second-order valence-corrected chi connectivity index (χ2v) is 5.22. The van der Waals surface area contributed by atoms with Crippen LogP contribution < -0.4 is 9.47 Å². The third-order valence-corrected chi connectivity index (χ3v) is 3.62. The van der Waals surface area contributed by atoms with Crippen LogP contribution in [0.5, 0.6) is 11.8 Å².